The zero-order valence-corrected chi connectivity index (χ0v) is 18.8. The molecule has 2 saturated carbocycles. The van der Waals surface area contributed by atoms with Crippen LogP contribution in [0.25, 0.3) is 0 Å². The number of fused-ring (bicyclic) bond motifs is 1. The van der Waals surface area contributed by atoms with E-state index in [-0.39, 0.29) is 30.9 Å². The minimum absolute atomic E-state index is 0.00640. The molecule has 31 heavy (non-hydrogen) atoms. The normalized spacial score (nSPS) is 19.9. The van der Waals surface area contributed by atoms with Crippen molar-refractivity contribution in [3.05, 3.63) is 23.8 Å². The van der Waals surface area contributed by atoms with E-state index in [2.05, 4.69) is 5.32 Å². The van der Waals surface area contributed by atoms with E-state index in [1.807, 2.05) is 20.8 Å². The van der Waals surface area contributed by atoms with E-state index in [0.717, 1.165) is 25.7 Å². The van der Waals surface area contributed by atoms with Crippen LogP contribution in [0, 0.1) is 0 Å². The monoisotopic (exact) mass is 427 g/mol. The van der Waals surface area contributed by atoms with E-state index < -0.39 is 11.6 Å². The second kappa shape index (κ2) is 8.61. The Balaban J connectivity index is 1.58. The van der Waals surface area contributed by atoms with E-state index >= 15 is 0 Å². The maximum absolute atomic E-state index is 13.1. The Morgan fingerprint density at radius 3 is 2.42 bits per heavy atom. The summed E-state index contributed by atoms with van der Waals surface area (Å²) in [6, 6.07) is 5.71. The standard InChI is InChI=1S/C24H33N3O4/c1-24(2,3)31-23(30)16-9-12-19-20(13-16)26(15-22(29)27(19)18-10-11-18)21(28)14-25-17-7-5-4-6-8-17/h9,12-13,17-18,25H,4-8,10-11,14-15H2,1-3H3. The van der Waals surface area contributed by atoms with Gasteiger partial charge in [0, 0.05) is 12.1 Å². The average Bonchev–Trinajstić information content (AvgIpc) is 3.55. The zero-order valence-electron chi connectivity index (χ0n) is 18.8. The Morgan fingerprint density at radius 2 is 1.77 bits per heavy atom. The van der Waals surface area contributed by atoms with Crippen molar-refractivity contribution in [1.82, 2.24) is 5.32 Å². The van der Waals surface area contributed by atoms with Gasteiger partial charge in [0.05, 0.1) is 23.5 Å². The molecule has 1 heterocycles. The Morgan fingerprint density at radius 1 is 1.06 bits per heavy atom. The van der Waals surface area contributed by atoms with Gasteiger partial charge in [-0.3, -0.25) is 14.5 Å². The van der Waals surface area contributed by atoms with Crippen LogP contribution in [0.1, 0.15) is 76.1 Å². The molecule has 4 rings (SSSR count). The van der Waals surface area contributed by atoms with Crippen LogP contribution in [-0.2, 0) is 14.3 Å². The molecule has 2 fully saturated rings. The Kier molecular flexibility index (Phi) is 6.06. The van der Waals surface area contributed by atoms with Gasteiger partial charge in [0.15, 0.2) is 0 Å². The zero-order chi connectivity index (χ0) is 22.2. The molecule has 0 unspecified atom stereocenters. The lowest BCUT2D eigenvalue weighted by molar-refractivity contribution is -0.122. The van der Waals surface area contributed by atoms with Crippen LogP contribution in [0.2, 0.25) is 0 Å². The van der Waals surface area contributed by atoms with Crippen LogP contribution in [0.4, 0.5) is 11.4 Å². The highest BCUT2D eigenvalue weighted by Gasteiger charge is 2.41. The van der Waals surface area contributed by atoms with Crippen molar-refractivity contribution in [2.45, 2.75) is 83.4 Å². The van der Waals surface area contributed by atoms with Crippen LogP contribution < -0.4 is 15.1 Å². The fourth-order valence-corrected chi connectivity index (χ4v) is 4.43. The first kappa shape index (κ1) is 21.8. The molecule has 0 saturated heterocycles. The summed E-state index contributed by atoms with van der Waals surface area (Å²) in [7, 11) is 0. The largest absolute Gasteiger partial charge is 0.456 e. The Hall–Kier alpha value is -2.41. The molecule has 0 bridgehead atoms. The van der Waals surface area contributed by atoms with Crippen molar-refractivity contribution in [3.63, 3.8) is 0 Å². The maximum Gasteiger partial charge on any atom is 0.338 e. The molecule has 1 aromatic carbocycles. The first-order chi connectivity index (χ1) is 14.7. The summed E-state index contributed by atoms with van der Waals surface area (Å²) >= 11 is 0. The molecule has 1 aromatic rings. The van der Waals surface area contributed by atoms with E-state index in [9.17, 15) is 14.4 Å². The SMILES string of the molecule is CC(C)(C)OC(=O)c1ccc2c(c1)N(C(=O)CNC1CCCCC1)CC(=O)N2C1CC1. The third-order valence-corrected chi connectivity index (χ3v) is 6.08. The molecule has 2 aliphatic carbocycles. The van der Waals surface area contributed by atoms with Gasteiger partial charge in [-0.2, -0.15) is 0 Å². The molecule has 1 aliphatic heterocycles. The van der Waals surface area contributed by atoms with Crippen molar-refractivity contribution in [2.24, 2.45) is 0 Å². The molecule has 0 aromatic heterocycles. The molecule has 2 amide bonds. The van der Waals surface area contributed by atoms with E-state index in [1.54, 1.807) is 23.1 Å². The summed E-state index contributed by atoms with van der Waals surface area (Å²) in [5.41, 5.74) is 1.10. The highest BCUT2D eigenvalue weighted by molar-refractivity contribution is 6.12. The number of carbonyl (C=O) groups is 3. The number of nitrogens with zero attached hydrogens (tertiary/aromatic N) is 2. The molecule has 168 valence electrons. The van der Waals surface area contributed by atoms with Crippen molar-refractivity contribution < 1.29 is 19.1 Å². The Bertz CT molecular complexity index is 866. The molecule has 0 radical (unpaired) electrons. The predicted octanol–water partition coefficient (Wildman–Crippen LogP) is 3.41. The number of nitrogens with one attached hydrogen (secondary N) is 1. The molecular formula is C24H33N3O4. The molecule has 1 N–H and O–H groups in total. The number of carbonyl (C=O) groups excluding carboxylic acids is 3. The number of hydrogen-bond donors (Lipinski definition) is 1. The predicted molar refractivity (Wildman–Crippen MR) is 119 cm³/mol. The number of amides is 2. The van der Waals surface area contributed by atoms with Crippen LogP contribution >= 0.6 is 0 Å². The van der Waals surface area contributed by atoms with Crippen molar-refractivity contribution in [2.75, 3.05) is 22.9 Å². The maximum atomic E-state index is 13.1. The first-order valence-corrected chi connectivity index (χ1v) is 11.5. The van der Waals surface area contributed by atoms with Crippen LogP contribution in [-0.4, -0.2) is 48.6 Å². The molecule has 7 heteroatoms. The van der Waals surface area contributed by atoms with Crippen LogP contribution in [0.5, 0.6) is 0 Å². The topological polar surface area (TPSA) is 79.0 Å². The summed E-state index contributed by atoms with van der Waals surface area (Å²) in [5.74, 6) is -0.638. The van der Waals surface area contributed by atoms with Gasteiger partial charge in [-0.15, -0.1) is 0 Å². The second-order valence-electron chi connectivity index (χ2n) is 9.90. The van der Waals surface area contributed by atoms with Crippen LogP contribution in [0.15, 0.2) is 18.2 Å². The van der Waals surface area contributed by atoms with Gasteiger partial charge < -0.3 is 15.0 Å². The minimum atomic E-state index is -0.609. The lowest BCUT2D eigenvalue weighted by Crippen LogP contribution is -2.51. The van der Waals surface area contributed by atoms with Gasteiger partial charge in [0.1, 0.15) is 12.1 Å². The van der Waals surface area contributed by atoms with E-state index in [0.29, 0.717) is 23.0 Å². The van der Waals surface area contributed by atoms with Gasteiger partial charge in [-0.05, 0) is 64.7 Å². The molecule has 0 atom stereocenters. The van der Waals surface area contributed by atoms with Crippen LogP contribution in [0.3, 0.4) is 0 Å². The fraction of sp³-hybridized carbons (Fsp3) is 0.625. The van der Waals surface area contributed by atoms with Crippen molar-refractivity contribution >= 4 is 29.2 Å². The molecule has 3 aliphatic rings. The number of benzene rings is 1. The first-order valence-electron chi connectivity index (χ1n) is 11.5. The van der Waals surface area contributed by atoms with Gasteiger partial charge in [-0.25, -0.2) is 4.79 Å². The minimum Gasteiger partial charge on any atom is -0.456 e. The molecule has 7 nitrogen and oxygen atoms in total. The van der Waals surface area contributed by atoms with Crippen molar-refractivity contribution in [1.29, 1.82) is 0 Å². The summed E-state index contributed by atoms with van der Waals surface area (Å²) in [6.45, 7) is 5.67. The lowest BCUT2D eigenvalue weighted by Gasteiger charge is -2.37. The lowest BCUT2D eigenvalue weighted by atomic mass is 9.95. The molecular weight excluding hydrogens is 394 g/mol. The summed E-state index contributed by atoms with van der Waals surface area (Å²) < 4.78 is 5.51. The van der Waals surface area contributed by atoms with Gasteiger partial charge in [0.25, 0.3) is 0 Å². The summed E-state index contributed by atoms with van der Waals surface area (Å²) in [6.07, 6.45) is 7.73. The fourth-order valence-electron chi connectivity index (χ4n) is 4.43. The average molecular weight is 428 g/mol. The smallest absolute Gasteiger partial charge is 0.338 e. The summed E-state index contributed by atoms with van der Waals surface area (Å²) in [4.78, 5) is 42.0. The van der Waals surface area contributed by atoms with Gasteiger partial charge in [-0.1, -0.05) is 19.3 Å². The van der Waals surface area contributed by atoms with E-state index in [1.165, 1.54) is 24.2 Å². The quantitative estimate of drug-likeness (QED) is 0.729. The number of rotatable bonds is 5. The number of ether oxygens (including phenoxy) is 1. The van der Waals surface area contributed by atoms with Gasteiger partial charge >= 0.3 is 5.97 Å². The highest BCUT2D eigenvalue weighted by Crippen LogP contribution is 2.41. The third kappa shape index (κ3) is 5.09. The second-order valence-corrected chi connectivity index (χ2v) is 9.90. The Labute approximate surface area is 184 Å². The summed E-state index contributed by atoms with van der Waals surface area (Å²) in [5, 5.41) is 3.37. The number of anilines is 2. The third-order valence-electron chi connectivity index (χ3n) is 6.08. The molecule has 0 spiro atoms. The number of hydrogen-bond acceptors (Lipinski definition) is 5. The van der Waals surface area contributed by atoms with E-state index in [4.69, 9.17) is 4.74 Å². The van der Waals surface area contributed by atoms with Gasteiger partial charge in [0.2, 0.25) is 11.8 Å². The highest BCUT2D eigenvalue weighted by atomic mass is 16.6. The number of esters is 1. The van der Waals surface area contributed by atoms with Crippen molar-refractivity contribution in [3.8, 4) is 0 Å².